The third-order valence-electron chi connectivity index (χ3n) is 2.97. The van der Waals surface area contributed by atoms with Crippen molar-refractivity contribution in [3.63, 3.8) is 0 Å². The first-order valence-corrected chi connectivity index (χ1v) is 6.55. The van der Waals surface area contributed by atoms with Gasteiger partial charge in [-0.25, -0.2) is 4.98 Å². The highest BCUT2D eigenvalue weighted by atomic mass is 16.5. The van der Waals surface area contributed by atoms with Crippen molar-refractivity contribution in [2.45, 2.75) is 6.54 Å². The number of ether oxygens (including phenoxy) is 2. The number of nitrogens with zero attached hydrogens (tertiary/aromatic N) is 2. The summed E-state index contributed by atoms with van der Waals surface area (Å²) < 4.78 is 15.3. The molecule has 0 unspecified atom stereocenters. The lowest BCUT2D eigenvalue weighted by molar-refractivity contribution is 0.0666. The Bertz CT molecular complexity index is 552. The predicted octanol–water partition coefficient (Wildman–Crippen LogP) is 1.97. The monoisotopic (exact) mass is 290 g/mol. The van der Waals surface area contributed by atoms with Crippen molar-refractivity contribution in [2.75, 3.05) is 27.4 Å². The molecule has 0 aliphatic carbocycles. The zero-order valence-corrected chi connectivity index (χ0v) is 12.1. The minimum Gasteiger partial charge on any atom is -0.481 e. The first kappa shape index (κ1) is 15.1. The minimum absolute atomic E-state index is 0.126. The number of methoxy groups -OCH3 is 2. The number of carbonyl (C=O) groups excluding carboxylic acids is 1. The summed E-state index contributed by atoms with van der Waals surface area (Å²) >= 11 is 0. The Labute approximate surface area is 123 Å². The number of pyridine rings is 1. The summed E-state index contributed by atoms with van der Waals surface area (Å²) in [5, 5.41) is 0. The smallest absolute Gasteiger partial charge is 0.255 e. The molecule has 0 bridgehead atoms. The Morgan fingerprint density at radius 3 is 2.76 bits per heavy atom. The van der Waals surface area contributed by atoms with E-state index in [-0.39, 0.29) is 5.91 Å². The van der Waals surface area contributed by atoms with Gasteiger partial charge in [-0.05, 0) is 18.2 Å². The van der Waals surface area contributed by atoms with E-state index in [4.69, 9.17) is 13.9 Å². The summed E-state index contributed by atoms with van der Waals surface area (Å²) in [5.74, 6) is 1.07. The van der Waals surface area contributed by atoms with Crippen LogP contribution in [0.1, 0.15) is 16.1 Å². The molecular formula is C15H18N2O4. The maximum absolute atomic E-state index is 12.5. The quantitative estimate of drug-likeness (QED) is 0.780. The highest BCUT2D eigenvalue weighted by molar-refractivity contribution is 5.93. The second-order valence-corrected chi connectivity index (χ2v) is 4.39. The zero-order valence-electron chi connectivity index (χ0n) is 12.1. The summed E-state index contributed by atoms with van der Waals surface area (Å²) in [6.45, 7) is 1.32. The van der Waals surface area contributed by atoms with E-state index in [1.165, 1.54) is 13.3 Å². The number of amides is 1. The molecular weight excluding hydrogens is 272 g/mol. The van der Waals surface area contributed by atoms with E-state index in [1.54, 1.807) is 36.5 Å². The third kappa shape index (κ3) is 4.06. The van der Waals surface area contributed by atoms with Crippen LogP contribution in [0, 0.1) is 0 Å². The fourth-order valence-electron chi connectivity index (χ4n) is 1.85. The Morgan fingerprint density at radius 2 is 2.19 bits per heavy atom. The van der Waals surface area contributed by atoms with Gasteiger partial charge in [-0.3, -0.25) is 4.79 Å². The number of rotatable bonds is 7. The molecule has 2 aromatic rings. The van der Waals surface area contributed by atoms with Crippen molar-refractivity contribution in [3.05, 3.63) is 48.0 Å². The normalized spacial score (nSPS) is 10.4. The molecule has 0 saturated heterocycles. The van der Waals surface area contributed by atoms with Gasteiger partial charge in [-0.1, -0.05) is 0 Å². The van der Waals surface area contributed by atoms with E-state index >= 15 is 0 Å². The standard InChI is InChI=1S/C15H18N2O4/c1-19-9-7-17(11-13-4-3-8-21-13)15(18)12-5-6-14(20-2)16-10-12/h3-6,8,10H,7,9,11H2,1-2H3. The molecule has 0 aliphatic rings. The summed E-state index contributed by atoms with van der Waals surface area (Å²) in [7, 11) is 3.14. The average Bonchev–Trinajstić information content (AvgIpc) is 3.04. The average molecular weight is 290 g/mol. The molecule has 0 aliphatic heterocycles. The van der Waals surface area contributed by atoms with Crippen molar-refractivity contribution in [2.24, 2.45) is 0 Å². The second kappa shape index (κ2) is 7.44. The molecule has 0 spiro atoms. The molecule has 2 heterocycles. The van der Waals surface area contributed by atoms with Crippen LogP contribution in [0.25, 0.3) is 0 Å². The Kier molecular flexibility index (Phi) is 5.34. The lowest BCUT2D eigenvalue weighted by Gasteiger charge is -2.21. The number of carbonyl (C=O) groups is 1. The van der Waals surface area contributed by atoms with Crippen LogP contribution in [-0.4, -0.2) is 43.2 Å². The Balaban J connectivity index is 2.11. The highest BCUT2D eigenvalue weighted by Crippen LogP contribution is 2.12. The molecule has 2 rings (SSSR count). The molecule has 0 aromatic carbocycles. The van der Waals surface area contributed by atoms with Crippen molar-refractivity contribution >= 4 is 5.91 Å². The number of furan rings is 1. The first-order chi connectivity index (χ1) is 10.2. The van der Waals surface area contributed by atoms with E-state index < -0.39 is 0 Å². The van der Waals surface area contributed by atoms with Crippen LogP contribution in [0.5, 0.6) is 5.88 Å². The van der Waals surface area contributed by atoms with Gasteiger partial charge in [-0.2, -0.15) is 0 Å². The zero-order chi connectivity index (χ0) is 15.1. The van der Waals surface area contributed by atoms with Gasteiger partial charge in [0.2, 0.25) is 5.88 Å². The molecule has 0 N–H and O–H groups in total. The van der Waals surface area contributed by atoms with E-state index in [9.17, 15) is 4.79 Å². The molecule has 0 saturated carbocycles. The van der Waals surface area contributed by atoms with Gasteiger partial charge in [0.25, 0.3) is 5.91 Å². The Hall–Kier alpha value is -2.34. The van der Waals surface area contributed by atoms with E-state index in [0.717, 1.165) is 5.76 Å². The maximum atomic E-state index is 12.5. The van der Waals surface area contributed by atoms with Crippen molar-refractivity contribution in [1.29, 1.82) is 0 Å². The van der Waals surface area contributed by atoms with Crippen molar-refractivity contribution < 1.29 is 18.7 Å². The van der Waals surface area contributed by atoms with Gasteiger partial charge < -0.3 is 18.8 Å². The lowest BCUT2D eigenvalue weighted by Crippen LogP contribution is -2.33. The number of aromatic nitrogens is 1. The summed E-state index contributed by atoms with van der Waals surface area (Å²) in [6, 6.07) is 6.98. The molecule has 0 fully saturated rings. The van der Waals surface area contributed by atoms with Crippen LogP contribution in [-0.2, 0) is 11.3 Å². The van der Waals surface area contributed by atoms with Gasteiger partial charge >= 0.3 is 0 Å². The molecule has 0 radical (unpaired) electrons. The van der Waals surface area contributed by atoms with Crippen LogP contribution < -0.4 is 4.74 Å². The fourth-order valence-corrected chi connectivity index (χ4v) is 1.85. The van der Waals surface area contributed by atoms with Crippen molar-refractivity contribution in [1.82, 2.24) is 9.88 Å². The van der Waals surface area contributed by atoms with E-state index in [0.29, 0.717) is 31.1 Å². The molecule has 2 aromatic heterocycles. The molecule has 21 heavy (non-hydrogen) atoms. The second-order valence-electron chi connectivity index (χ2n) is 4.39. The summed E-state index contributed by atoms with van der Waals surface area (Å²) in [5.41, 5.74) is 0.499. The molecule has 0 atom stereocenters. The van der Waals surface area contributed by atoms with Gasteiger partial charge in [0.05, 0.1) is 32.1 Å². The van der Waals surface area contributed by atoms with Crippen LogP contribution in [0.3, 0.4) is 0 Å². The Morgan fingerprint density at radius 1 is 1.33 bits per heavy atom. The van der Waals surface area contributed by atoms with Crippen LogP contribution in [0.2, 0.25) is 0 Å². The van der Waals surface area contributed by atoms with Gasteiger partial charge in [0.1, 0.15) is 5.76 Å². The van der Waals surface area contributed by atoms with Crippen molar-refractivity contribution in [3.8, 4) is 5.88 Å². The maximum Gasteiger partial charge on any atom is 0.255 e. The van der Waals surface area contributed by atoms with Crippen LogP contribution in [0.4, 0.5) is 0 Å². The largest absolute Gasteiger partial charge is 0.481 e. The minimum atomic E-state index is -0.126. The SMILES string of the molecule is COCCN(Cc1ccco1)C(=O)c1ccc(OC)nc1. The van der Waals surface area contributed by atoms with Gasteiger partial charge in [0.15, 0.2) is 0 Å². The topological polar surface area (TPSA) is 64.8 Å². The van der Waals surface area contributed by atoms with E-state index in [1.807, 2.05) is 6.07 Å². The number of hydrogen-bond acceptors (Lipinski definition) is 5. The highest BCUT2D eigenvalue weighted by Gasteiger charge is 2.17. The third-order valence-corrected chi connectivity index (χ3v) is 2.97. The summed E-state index contributed by atoms with van der Waals surface area (Å²) in [6.07, 6.45) is 3.09. The van der Waals surface area contributed by atoms with Crippen LogP contribution in [0.15, 0.2) is 41.1 Å². The van der Waals surface area contributed by atoms with Gasteiger partial charge in [-0.15, -0.1) is 0 Å². The first-order valence-electron chi connectivity index (χ1n) is 6.55. The molecule has 1 amide bonds. The van der Waals surface area contributed by atoms with E-state index in [2.05, 4.69) is 4.98 Å². The lowest BCUT2D eigenvalue weighted by atomic mass is 10.2. The summed E-state index contributed by atoms with van der Waals surface area (Å²) in [4.78, 5) is 18.2. The predicted molar refractivity (Wildman–Crippen MR) is 76.1 cm³/mol. The molecule has 6 heteroatoms. The van der Waals surface area contributed by atoms with Gasteiger partial charge in [0, 0.05) is 25.9 Å². The fraction of sp³-hybridized carbons (Fsp3) is 0.333. The van der Waals surface area contributed by atoms with Crippen LogP contribution >= 0.6 is 0 Å². The molecule has 6 nitrogen and oxygen atoms in total. The number of hydrogen-bond donors (Lipinski definition) is 0. The molecule has 112 valence electrons.